The predicted octanol–water partition coefficient (Wildman–Crippen LogP) is 5.01. The Kier molecular flexibility index (Phi) is 3.78. The first-order chi connectivity index (χ1) is 12.6. The molecule has 0 heterocycles. The average molecular weight is 365 g/mol. The zero-order valence-electron chi connectivity index (χ0n) is 14.8. The van der Waals surface area contributed by atoms with Crippen molar-refractivity contribution in [3.8, 4) is 5.75 Å². The summed E-state index contributed by atoms with van der Waals surface area (Å²) in [4.78, 5) is 0.910. The van der Waals surface area contributed by atoms with E-state index in [2.05, 4.69) is 10.5 Å². The Labute approximate surface area is 159 Å². The molecule has 6 rings (SSSR count). The number of phenols is 1. The van der Waals surface area contributed by atoms with Gasteiger partial charge in [0.15, 0.2) is 0 Å². The number of hydrazone groups is 1. The van der Waals surface area contributed by atoms with Crippen LogP contribution in [0.1, 0.15) is 44.1 Å². The monoisotopic (exact) mass is 364 g/mol. The molecule has 0 spiro atoms. The standard InChI is InChI=1S/C22H24N2OS/c25-20-6-5-17-3-1-2-4-18(17)19(20)13-23-24-21(26)22-10-14-7-15(11-22)9-16(8-14)12-22/h1-6,13-16,25H,7-12H2,(H,24,26)/b23-13+. The fourth-order valence-corrected chi connectivity index (χ4v) is 6.39. The first-order valence-electron chi connectivity index (χ1n) is 9.67. The molecule has 4 aliphatic rings. The van der Waals surface area contributed by atoms with E-state index in [1.54, 1.807) is 12.3 Å². The van der Waals surface area contributed by atoms with Gasteiger partial charge in [0.1, 0.15) is 10.7 Å². The Morgan fingerprint density at radius 1 is 1.04 bits per heavy atom. The number of nitrogens with zero attached hydrogens (tertiary/aromatic N) is 1. The summed E-state index contributed by atoms with van der Waals surface area (Å²) in [6, 6.07) is 11.7. The van der Waals surface area contributed by atoms with E-state index in [0.717, 1.165) is 39.1 Å². The van der Waals surface area contributed by atoms with E-state index in [1.807, 2.05) is 30.3 Å². The lowest BCUT2D eigenvalue weighted by atomic mass is 9.49. The Balaban J connectivity index is 1.37. The molecule has 0 atom stereocenters. The van der Waals surface area contributed by atoms with Crippen LogP contribution in [0.3, 0.4) is 0 Å². The maximum Gasteiger partial charge on any atom is 0.125 e. The highest BCUT2D eigenvalue weighted by Crippen LogP contribution is 2.60. The third-order valence-electron chi connectivity index (χ3n) is 6.83. The first kappa shape index (κ1) is 16.2. The summed E-state index contributed by atoms with van der Waals surface area (Å²) in [5.74, 6) is 2.85. The van der Waals surface area contributed by atoms with Gasteiger partial charge in [0.2, 0.25) is 0 Å². The summed E-state index contributed by atoms with van der Waals surface area (Å²) in [6.07, 6.45) is 9.66. The van der Waals surface area contributed by atoms with Gasteiger partial charge in [-0.2, -0.15) is 5.10 Å². The number of fused-ring (bicyclic) bond motifs is 1. The number of thiocarbonyl (C=S) groups is 1. The molecule has 0 radical (unpaired) electrons. The normalized spacial score (nSPS) is 32.4. The average Bonchev–Trinajstić information content (AvgIpc) is 2.62. The molecular formula is C22H24N2OS. The van der Waals surface area contributed by atoms with Crippen LogP contribution in [-0.4, -0.2) is 16.3 Å². The second kappa shape index (κ2) is 6.05. The number of benzene rings is 2. The third kappa shape index (κ3) is 2.62. The molecule has 4 heteroatoms. The van der Waals surface area contributed by atoms with Gasteiger partial charge in [-0.25, -0.2) is 0 Å². The molecule has 3 nitrogen and oxygen atoms in total. The van der Waals surface area contributed by atoms with Crippen molar-refractivity contribution in [1.82, 2.24) is 5.43 Å². The van der Waals surface area contributed by atoms with E-state index < -0.39 is 0 Å². The molecule has 26 heavy (non-hydrogen) atoms. The van der Waals surface area contributed by atoms with E-state index in [-0.39, 0.29) is 11.2 Å². The van der Waals surface area contributed by atoms with E-state index >= 15 is 0 Å². The highest BCUT2D eigenvalue weighted by molar-refractivity contribution is 7.80. The van der Waals surface area contributed by atoms with Crippen molar-refractivity contribution in [2.24, 2.45) is 28.3 Å². The smallest absolute Gasteiger partial charge is 0.125 e. The van der Waals surface area contributed by atoms with Crippen molar-refractivity contribution in [3.63, 3.8) is 0 Å². The molecule has 0 aromatic heterocycles. The molecule has 0 unspecified atom stereocenters. The Morgan fingerprint density at radius 2 is 1.69 bits per heavy atom. The molecule has 4 fully saturated rings. The lowest BCUT2D eigenvalue weighted by molar-refractivity contribution is -0.0126. The van der Waals surface area contributed by atoms with Gasteiger partial charge in [-0.05, 0) is 73.1 Å². The molecule has 4 saturated carbocycles. The summed E-state index contributed by atoms with van der Waals surface area (Å²) in [5, 5.41) is 16.8. The number of nitrogens with one attached hydrogen (secondary N) is 1. The van der Waals surface area contributed by atoms with E-state index in [1.165, 1.54) is 38.5 Å². The quantitative estimate of drug-likeness (QED) is 0.457. The molecule has 2 aromatic carbocycles. The van der Waals surface area contributed by atoms with Crippen LogP contribution in [0.2, 0.25) is 0 Å². The zero-order valence-corrected chi connectivity index (χ0v) is 15.6. The molecule has 0 saturated heterocycles. The van der Waals surface area contributed by atoms with Crippen LogP contribution < -0.4 is 5.43 Å². The molecule has 0 amide bonds. The topological polar surface area (TPSA) is 44.6 Å². The first-order valence-corrected chi connectivity index (χ1v) is 10.1. The van der Waals surface area contributed by atoms with Crippen molar-refractivity contribution < 1.29 is 5.11 Å². The molecule has 134 valence electrons. The minimum Gasteiger partial charge on any atom is -0.507 e. The summed E-state index contributed by atoms with van der Waals surface area (Å²) in [7, 11) is 0. The van der Waals surface area contributed by atoms with Crippen molar-refractivity contribution in [2.75, 3.05) is 0 Å². The van der Waals surface area contributed by atoms with Crippen LogP contribution in [0.4, 0.5) is 0 Å². The van der Waals surface area contributed by atoms with Gasteiger partial charge in [0, 0.05) is 11.0 Å². The van der Waals surface area contributed by atoms with Crippen molar-refractivity contribution in [2.45, 2.75) is 38.5 Å². The van der Waals surface area contributed by atoms with Crippen LogP contribution >= 0.6 is 12.2 Å². The highest BCUT2D eigenvalue weighted by Gasteiger charge is 2.52. The molecule has 4 aliphatic carbocycles. The SMILES string of the molecule is Oc1ccc2ccccc2c1/C=N/NC(=S)C12CC3CC(CC(C3)C1)C2. The Bertz CT molecular complexity index is 869. The zero-order chi connectivity index (χ0) is 17.7. The molecule has 2 aromatic rings. The molecule has 4 bridgehead atoms. The van der Waals surface area contributed by atoms with Gasteiger partial charge in [0.25, 0.3) is 0 Å². The summed E-state index contributed by atoms with van der Waals surface area (Å²) in [6.45, 7) is 0. The fourth-order valence-electron chi connectivity index (χ4n) is 6.08. The van der Waals surface area contributed by atoms with Crippen LogP contribution in [0.25, 0.3) is 10.8 Å². The number of hydrogen-bond donors (Lipinski definition) is 2. The van der Waals surface area contributed by atoms with E-state index in [0.29, 0.717) is 0 Å². The Morgan fingerprint density at radius 3 is 2.38 bits per heavy atom. The van der Waals surface area contributed by atoms with Gasteiger partial charge in [-0.3, -0.25) is 5.43 Å². The van der Waals surface area contributed by atoms with E-state index in [9.17, 15) is 5.11 Å². The van der Waals surface area contributed by atoms with Gasteiger partial charge < -0.3 is 5.11 Å². The maximum absolute atomic E-state index is 10.3. The summed E-state index contributed by atoms with van der Waals surface area (Å²) >= 11 is 5.80. The van der Waals surface area contributed by atoms with Crippen molar-refractivity contribution in [3.05, 3.63) is 42.0 Å². The Hall–Kier alpha value is -1.94. The van der Waals surface area contributed by atoms with Gasteiger partial charge in [-0.1, -0.05) is 42.5 Å². The number of rotatable bonds is 3. The number of hydrogen-bond acceptors (Lipinski definition) is 3. The van der Waals surface area contributed by atoms with E-state index in [4.69, 9.17) is 12.2 Å². The van der Waals surface area contributed by atoms with Gasteiger partial charge >= 0.3 is 0 Å². The van der Waals surface area contributed by atoms with Crippen molar-refractivity contribution in [1.29, 1.82) is 0 Å². The van der Waals surface area contributed by atoms with Crippen LogP contribution in [0, 0.1) is 23.2 Å². The van der Waals surface area contributed by atoms with Gasteiger partial charge in [0.05, 0.1) is 6.21 Å². The summed E-state index contributed by atoms with van der Waals surface area (Å²) < 4.78 is 0. The largest absolute Gasteiger partial charge is 0.507 e. The number of aromatic hydroxyl groups is 1. The third-order valence-corrected chi connectivity index (χ3v) is 7.35. The second-order valence-electron chi connectivity index (χ2n) is 8.62. The maximum atomic E-state index is 10.3. The fraction of sp³-hybridized carbons (Fsp3) is 0.455. The molecule has 2 N–H and O–H groups in total. The lowest BCUT2D eigenvalue weighted by Crippen LogP contribution is -2.52. The predicted molar refractivity (Wildman–Crippen MR) is 110 cm³/mol. The molecular weight excluding hydrogens is 340 g/mol. The lowest BCUT2D eigenvalue weighted by Gasteiger charge is -2.56. The highest BCUT2D eigenvalue weighted by atomic mass is 32.1. The van der Waals surface area contributed by atoms with Gasteiger partial charge in [-0.15, -0.1) is 0 Å². The second-order valence-corrected chi connectivity index (χ2v) is 9.02. The van der Waals surface area contributed by atoms with Crippen LogP contribution in [0.5, 0.6) is 5.75 Å². The molecule has 0 aliphatic heterocycles. The van der Waals surface area contributed by atoms with Crippen LogP contribution in [-0.2, 0) is 0 Å². The summed E-state index contributed by atoms with van der Waals surface area (Å²) in [5.41, 5.74) is 4.08. The van der Waals surface area contributed by atoms with Crippen molar-refractivity contribution >= 4 is 34.2 Å². The minimum atomic E-state index is 0.169. The number of phenolic OH excluding ortho intramolecular Hbond substituents is 1. The minimum absolute atomic E-state index is 0.169. The van der Waals surface area contributed by atoms with Crippen LogP contribution in [0.15, 0.2) is 41.5 Å².